The zero-order valence-corrected chi connectivity index (χ0v) is 21.4. The van der Waals surface area contributed by atoms with Gasteiger partial charge in [0.1, 0.15) is 11.8 Å². The molecular weight excluding hydrogens is 460 g/mol. The quantitative estimate of drug-likeness (QED) is 0.495. The van der Waals surface area contributed by atoms with Gasteiger partial charge in [-0.2, -0.15) is 9.78 Å². The fourth-order valence-corrected chi connectivity index (χ4v) is 5.91. The molecule has 0 N–H and O–H groups in total. The molecule has 1 aromatic heterocycles. The molecule has 0 bridgehead atoms. The predicted molar refractivity (Wildman–Crippen MR) is 147 cm³/mol. The van der Waals surface area contributed by atoms with Crippen LogP contribution >= 0.6 is 0 Å². The molecule has 1 saturated carbocycles. The smallest absolute Gasteiger partial charge is 0.316 e. The number of ether oxygens (including phenoxy) is 1. The molecule has 3 aliphatic rings. The van der Waals surface area contributed by atoms with Crippen LogP contribution in [0.4, 0.5) is 5.69 Å². The fourth-order valence-electron chi connectivity index (χ4n) is 5.91. The maximum atomic E-state index is 13.8. The number of aromatic nitrogens is 2. The fraction of sp³-hybridized carbons (Fsp3) is 0.355. The van der Waals surface area contributed by atoms with Crippen molar-refractivity contribution in [3.63, 3.8) is 0 Å². The van der Waals surface area contributed by atoms with Crippen LogP contribution in [0.2, 0.25) is 0 Å². The standard InChI is InChI=1S/C31H34N4O2/c1-23-8-7-9-24(18-23)22-33-14-16-34(17-15-33)29-21-32-35(27-12-3-2-4-13-27)31(36)30(29)37-28-19-25-10-5-6-11-26(25)20-28/h2-13,18,21,25-26,28H,14-17,19-20,22H2,1H3. The number of hydrogen-bond acceptors (Lipinski definition) is 5. The first-order chi connectivity index (χ1) is 18.1. The lowest BCUT2D eigenvalue weighted by molar-refractivity contribution is 0.199. The van der Waals surface area contributed by atoms with Crippen molar-refractivity contribution < 1.29 is 4.74 Å². The van der Waals surface area contributed by atoms with E-state index in [9.17, 15) is 4.79 Å². The zero-order valence-electron chi connectivity index (χ0n) is 21.4. The van der Waals surface area contributed by atoms with E-state index in [4.69, 9.17) is 4.74 Å². The minimum Gasteiger partial charge on any atom is -0.483 e. The van der Waals surface area contributed by atoms with Crippen LogP contribution in [-0.4, -0.2) is 47.0 Å². The third kappa shape index (κ3) is 5.12. The third-order valence-electron chi connectivity index (χ3n) is 7.85. The van der Waals surface area contributed by atoms with Crippen molar-refractivity contribution >= 4 is 5.69 Å². The van der Waals surface area contributed by atoms with Gasteiger partial charge in [0.25, 0.3) is 0 Å². The molecule has 2 aliphatic carbocycles. The first kappa shape index (κ1) is 23.7. The maximum absolute atomic E-state index is 13.8. The summed E-state index contributed by atoms with van der Waals surface area (Å²) >= 11 is 0. The molecule has 3 aromatic rings. The first-order valence-corrected chi connectivity index (χ1v) is 13.4. The Hall–Kier alpha value is -3.64. The van der Waals surface area contributed by atoms with Gasteiger partial charge in [0, 0.05) is 32.7 Å². The largest absolute Gasteiger partial charge is 0.483 e. The summed E-state index contributed by atoms with van der Waals surface area (Å²) in [6.45, 7) is 6.61. The number of nitrogens with zero attached hydrogens (tertiary/aromatic N) is 4. The topological polar surface area (TPSA) is 50.6 Å². The van der Waals surface area contributed by atoms with Crippen molar-refractivity contribution in [1.82, 2.24) is 14.7 Å². The Bertz CT molecular complexity index is 1340. The Balaban J connectivity index is 1.24. The lowest BCUT2D eigenvalue weighted by Crippen LogP contribution is -2.46. The number of allylic oxidation sites excluding steroid dienone is 4. The van der Waals surface area contributed by atoms with Gasteiger partial charge in [-0.3, -0.25) is 9.69 Å². The third-order valence-corrected chi connectivity index (χ3v) is 7.85. The Morgan fingerprint density at radius 3 is 2.35 bits per heavy atom. The Labute approximate surface area is 218 Å². The highest BCUT2D eigenvalue weighted by Gasteiger charge is 2.35. The lowest BCUT2D eigenvalue weighted by Gasteiger charge is -2.36. The summed E-state index contributed by atoms with van der Waals surface area (Å²) in [5.74, 6) is 1.41. The molecule has 0 amide bonds. The van der Waals surface area contributed by atoms with Crippen molar-refractivity contribution in [3.05, 3.63) is 107 Å². The van der Waals surface area contributed by atoms with Gasteiger partial charge in [-0.15, -0.1) is 0 Å². The van der Waals surface area contributed by atoms with E-state index in [0.717, 1.165) is 56.9 Å². The lowest BCUT2D eigenvalue weighted by atomic mass is 9.92. The number of fused-ring (bicyclic) bond motifs is 1. The molecule has 37 heavy (non-hydrogen) atoms. The monoisotopic (exact) mass is 494 g/mol. The van der Waals surface area contributed by atoms with Gasteiger partial charge in [0.05, 0.1) is 11.9 Å². The molecule has 1 aliphatic heterocycles. The van der Waals surface area contributed by atoms with E-state index in [-0.39, 0.29) is 11.7 Å². The maximum Gasteiger partial charge on any atom is 0.316 e. The molecule has 2 atom stereocenters. The second-order valence-electron chi connectivity index (χ2n) is 10.5. The van der Waals surface area contributed by atoms with E-state index >= 15 is 0 Å². The first-order valence-electron chi connectivity index (χ1n) is 13.4. The summed E-state index contributed by atoms with van der Waals surface area (Å²) in [4.78, 5) is 18.5. The van der Waals surface area contributed by atoms with Crippen LogP contribution < -0.4 is 15.2 Å². The van der Waals surface area contributed by atoms with Crippen LogP contribution in [0.1, 0.15) is 24.0 Å². The highest BCUT2D eigenvalue weighted by molar-refractivity contribution is 5.57. The van der Waals surface area contributed by atoms with Gasteiger partial charge in [-0.05, 0) is 49.3 Å². The van der Waals surface area contributed by atoms with Crippen LogP contribution in [0.3, 0.4) is 0 Å². The number of rotatable bonds is 6. The molecule has 2 unspecified atom stereocenters. The Morgan fingerprint density at radius 1 is 0.919 bits per heavy atom. The number of benzene rings is 2. The van der Waals surface area contributed by atoms with Crippen LogP contribution in [-0.2, 0) is 6.54 Å². The summed E-state index contributed by atoms with van der Waals surface area (Å²) in [6, 6.07) is 18.3. The number of piperazine rings is 1. The Kier molecular flexibility index (Phi) is 6.66. The SMILES string of the molecule is Cc1cccc(CN2CCN(c3cnn(-c4ccccc4)c(=O)c3OC3CC4C=CC=CC4C3)CC2)c1. The van der Waals surface area contributed by atoms with Crippen LogP contribution in [0.5, 0.6) is 5.75 Å². The van der Waals surface area contributed by atoms with Crippen molar-refractivity contribution in [2.75, 3.05) is 31.1 Å². The minimum absolute atomic E-state index is 0.0167. The van der Waals surface area contributed by atoms with Gasteiger partial charge in [0.2, 0.25) is 5.75 Å². The molecule has 0 radical (unpaired) electrons. The van der Waals surface area contributed by atoms with Crippen molar-refractivity contribution in [2.24, 2.45) is 11.8 Å². The van der Waals surface area contributed by atoms with E-state index in [1.807, 2.05) is 36.5 Å². The van der Waals surface area contributed by atoms with Gasteiger partial charge in [0.15, 0.2) is 0 Å². The van der Waals surface area contributed by atoms with E-state index in [1.54, 1.807) is 0 Å². The van der Waals surface area contributed by atoms with E-state index < -0.39 is 0 Å². The number of aryl methyl sites for hydroxylation is 1. The number of anilines is 1. The Morgan fingerprint density at radius 2 is 1.65 bits per heavy atom. The molecule has 0 spiro atoms. The van der Waals surface area contributed by atoms with E-state index in [1.165, 1.54) is 15.8 Å². The second-order valence-corrected chi connectivity index (χ2v) is 10.5. The summed E-state index contributed by atoms with van der Waals surface area (Å²) in [5.41, 5.74) is 4.01. The molecule has 6 nitrogen and oxygen atoms in total. The molecule has 2 fully saturated rings. The average Bonchev–Trinajstić information content (AvgIpc) is 3.33. The van der Waals surface area contributed by atoms with Crippen LogP contribution in [0.15, 0.2) is 89.9 Å². The second kappa shape index (κ2) is 10.4. The van der Waals surface area contributed by atoms with E-state index in [0.29, 0.717) is 17.6 Å². The zero-order chi connectivity index (χ0) is 25.2. The molecule has 6 rings (SSSR count). The highest BCUT2D eigenvalue weighted by Crippen LogP contribution is 2.39. The number of hydrogen-bond donors (Lipinski definition) is 0. The summed E-state index contributed by atoms with van der Waals surface area (Å²) < 4.78 is 8.05. The van der Waals surface area contributed by atoms with Crippen molar-refractivity contribution in [1.29, 1.82) is 0 Å². The highest BCUT2D eigenvalue weighted by atomic mass is 16.5. The van der Waals surface area contributed by atoms with Crippen molar-refractivity contribution in [3.8, 4) is 11.4 Å². The molecule has 190 valence electrons. The van der Waals surface area contributed by atoms with E-state index in [2.05, 4.69) is 70.4 Å². The number of para-hydroxylation sites is 1. The summed E-state index contributed by atoms with van der Waals surface area (Å²) in [5, 5.41) is 4.57. The van der Waals surface area contributed by atoms with Crippen LogP contribution in [0.25, 0.3) is 5.69 Å². The molecule has 1 saturated heterocycles. The van der Waals surface area contributed by atoms with Gasteiger partial charge >= 0.3 is 5.56 Å². The normalized spacial score (nSPS) is 23.3. The minimum atomic E-state index is -0.188. The molecule has 2 aromatic carbocycles. The summed E-state index contributed by atoms with van der Waals surface area (Å²) in [6.07, 6.45) is 12.5. The van der Waals surface area contributed by atoms with Crippen molar-refractivity contribution in [2.45, 2.75) is 32.4 Å². The molecular formula is C31H34N4O2. The molecule has 6 heteroatoms. The summed E-state index contributed by atoms with van der Waals surface area (Å²) in [7, 11) is 0. The predicted octanol–water partition coefficient (Wildman–Crippen LogP) is 4.76. The average molecular weight is 495 g/mol. The van der Waals surface area contributed by atoms with Crippen LogP contribution in [0, 0.1) is 18.8 Å². The van der Waals surface area contributed by atoms with Gasteiger partial charge < -0.3 is 9.64 Å². The van der Waals surface area contributed by atoms with Gasteiger partial charge in [-0.1, -0.05) is 72.3 Å². The molecule has 2 heterocycles. The van der Waals surface area contributed by atoms with Gasteiger partial charge in [-0.25, -0.2) is 0 Å².